The molecule has 0 atom stereocenters. The molecule has 2 heterocycles. The highest BCUT2D eigenvalue weighted by molar-refractivity contribution is 7.88. The molecule has 0 saturated carbocycles. The molecule has 0 saturated heterocycles. The fourth-order valence-electron chi connectivity index (χ4n) is 3.83. The standard InChI is InChI=1S/C22H24N4O3S/c1-30(28,29)26-14-11-19-18(15-26)7-3-9-20(19)25-22(27)24-13-10-17-6-2-5-16-8-4-12-23-21(16)17/h2-9,12H,10-11,13-15H2,1H3,(H2,24,25,27). The summed E-state index contributed by atoms with van der Waals surface area (Å²) in [4.78, 5) is 16.9. The number of rotatable bonds is 5. The van der Waals surface area contributed by atoms with Gasteiger partial charge in [0.2, 0.25) is 10.0 Å². The second kappa shape index (κ2) is 8.41. The predicted octanol–water partition coefficient (Wildman–Crippen LogP) is 2.92. The maximum absolute atomic E-state index is 12.4. The van der Waals surface area contributed by atoms with Crippen LogP contribution in [-0.2, 0) is 29.4 Å². The summed E-state index contributed by atoms with van der Waals surface area (Å²) in [6, 6.07) is 15.3. The number of anilines is 1. The molecule has 1 aromatic heterocycles. The molecule has 8 heteroatoms. The number of para-hydroxylation sites is 1. The van der Waals surface area contributed by atoms with E-state index in [4.69, 9.17) is 0 Å². The summed E-state index contributed by atoms with van der Waals surface area (Å²) < 4.78 is 25.1. The Morgan fingerprint density at radius 1 is 1.13 bits per heavy atom. The minimum absolute atomic E-state index is 0.276. The van der Waals surface area contributed by atoms with E-state index in [1.54, 1.807) is 6.20 Å². The first kappa shape index (κ1) is 20.3. The van der Waals surface area contributed by atoms with Crippen LogP contribution in [0.25, 0.3) is 10.9 Å². The highest BCUT2D eigenvalue weighted by Crippen LogP contribution is 2.27. The summed E-state index contributed by atoms with van der Waals surface area (Å²) in [5, 5.41) is 6.90. The molecule has 2 aromatic carbocycles. The van der Waals surface area contributed by atoms with Gasteiger partial charge in [0.15, 0.2) is 0 Å². The lowest BCUT2D eigenvalue weighted by Gasteiger charge is -2.28. The largest absolute Gasteiger partial charge is 0.338 e. The lowest BCUT2D eigenvalue weighted by molar-refractivity contribution is 0.252. The average Bonchev–Trinajstić information content (AvgIpc) is 2.73. The quantitative estimate of drug-likeness (QED) is 0.659. The molecule has 1 aliphatic rings. The smallest absolute Gasteiger partial charge is 0.319 e. The van der Waals surface area contributed by atoms with Gasteiger partial charge in [-0.25, -0.2) is 13.2 Å². The molecule has 0 aliphatic carbocycles. The second-order valence-corrected chi connectivity index (χ2v) is 9.40. The number of hydrogen-bond donors (Lipinski definition) is 2. The van der Waals surface area contributed by atoms with Gasteiger partial charge >= 0.3 is 6.03 Å². The Kier molecular flexibility index (Phi) is 5.69. The molecule has 0 bridgehead atoms. The van der Waals surface area contributed by atoms with Crippen LogP contribution < -0.4 is 10.6 Å². The van der Waals surface area contributed by atoms with Gasteiger partial charge in [-0.1, -0.05) is 36.4 Å². The number of amides is 2. The molecular formula is C22H24N4O3S. The topological polar surface area (TPSA) is 91.4 Å². The van der Waals surface area contributed by atoms with Crippen molar-refractivity contribution in [3.63, 3.8) is 0 Å². The lowest BCUT2D eigenvalue weighted by atomic mass is 9.99. The van der Waals surface area contributed by atoms with Crippen LogP contribution in [0.4, 0.5) is 10.5 Å². The Bertz CT molecular complexity index is 1190. The number of nitrogens with one attached hydrogen (secondary N) is 2. The monoisotopic (exact) mass is 424 g/mol. The first-order valence-electron chi connectivity index (χ1n) is 9.85. The second-order valence-electron chi connectivity index (χ2n) is 7.41. The van der Waals surface area contributed by atoms with Crippen molar-refractivity contribution in [1.29, 1.82) is 0 Å². The number of benzene rings is 2. The molecular weight excluding hydrogens is 400 g/mol. The number of hydrogen-bond acceptors (Lipinski definition) is 4. The van der Waals surface area contributed by atoms with Gasteiger partial charge in [-0.2, -0.15) is 4.31 Å². The van der Waals surface area contributed by atoms with E-state index in [9.17, 15) is 13.2 Å². The van der Waals surface area contributed by atoms with Crippen LogP contribution >= 0.6 is 0 Å². The van der Waals surface area contributed by atoms with Crippen molar-refractivity contribution in [2.45, 2.75) is 19.4 Å². The van der Waals surface area contributed by atoms with E-state index in [2.05, 4.69) is 15.6 Å². The minimum atomic E-state index is -3.23. The highest BCUT2D eigenvalue weighted by atomic mass is 32.2. The summed E-state index contributed by atoms with van der Waals surface area (Å²) in [5.74, 6) is 0. The summed E-state index contributed by atoms with van der Waals surface area (Å²) in [6.45, 7) is 1.23. The molecule has 156 valence electrons. The lowest BCUT2D eigenvalue weighted by Crippen LogP contribution is -2.36. The fourth-order valence-corrected chi connectivity index (χ4v) is 4.63. The summed E-state index contributed by atoms with van der Waals surface area (Å²) >= 11 is 0. The molecule has 0 fully saturated rings. The molecule has 0 radical (unpaired) electrons. The van der Waals surface area contributed by atoms with Gasteiger partial charge in [0.1, 0.15) is 0 Å². The van der Waals surface area contributed by atoms with Crippen molar-refractivity contribution in [3.05, 3.63) is 71.4 Å². The molecule has 4 rings (SSSR count). The zero-order chi connectivity index (χ0) is 21.1. The number of carbonyl (C=O) groups excluding carboxylic acids is 1. The normalized spacial score (nSPS) is 14.3. The first-order chi connectivity index (χ1) is 14.4. The van der Waals surface area contributed by atoms with E-state index in [1.807, 2.05) is 48.5 Å². The minimum Gasteiger partial charge on any atom is -0.338 e. The van der Waals surface area contributed by atoms with Crippen LogP contribution in [0.5, 0.6) is 0 Å². The van der Waals surface area contributed by atoms with E-state index in [-0.39, 0.29) is 6.03 Å². The van der Waals surface area contributed by atoms with E-state index in [1.165, 1.54) is 10.6 Å². The zero-order valence-electron chi connectivity index (χ0n) is 16.8. The number of urea groups is 1. The van der Waals surface area contributed by atoms with Crippen molar-refractivity contribution in [2.75, 3.05) is 24.7 Å². The van der Waals surface area contributed by atoms with E-state index >= 15 is 0 Å². The molecule has 1 aliphatic heterocycles. The number of aromatic nitrogens is 1. The Morgan fingerprint density at radius 3 is 2.77 bits per heavy atom. The maximum atomic E-state index is 12.4. The molecule has 0 spiro atoms. The molecule has 30 heavy (non-hydrogen) atoms. The Balaban J connectivity index is 1.38. The van der Waals surface area contributed by atoms with Gasteiger partial charge < -0.3 is 10.6 Å². The van der Waals surface area contributed by atoms with Crippen LogP contribution in [0.1, 0.15) is 16.7 Å². The van der Waals surface area contributed by atoms with Gasteiger partial charge in [0, 0.05) is 36.9 Å². The van der Waals surface area contributed by atoms with E-state index in [0.717, 1.165) is 33.3 Å². The predicted molar refractivity (Wildman–Crippen MR) is 118 cm³/mol. The third kappa shape index (κ3) is 4.44. The third-order valence-electron chi connectivity index (χ3n) is 5.34. The SMILES string of the molecule is CS(=O)(=O)N1CCc2c(cccc2NC(=O)NCCc2cccc3cccnc23)C1. The molecule has 7 nitrogen and oxygen atoms in total. The fraction of sp³-hybridized carbons (Fsp3) is 0.273. The van der Waals surface area contributed by atoms with Crippen molar-refractivity contribution in [2.24, 2.45) is 0 Å². The van der Waals surface area contributed by atoms with Crippen molar-refractivity contribution in [3.8, 4) is 0 Å². The van der Waals surface area contributed by atoms with Gasteiger partial charge in [0.05, 0.1) is 11.8 Å². The number of carbonyl (C=O) groups is 1. The van der Waals surface area contributed by atoms with Crippen molar-refractivity contribution in [1.82, 2.24) is 14.6 Å². The highest BCUT2D eigenvalue weighted by Gasteiger charge is 2.24. The average molecular weight is 425 g/mol. The van der Waals surface area contributed by atoms with Gasteiger partial charge in [-0.3, -0.25) is 4.98 Å². The number of nitrogens with zero attached hydrogens (tertiary/aromatic N) is 2. The van der Waals surface area contributed by atoms with Crippen LogP contribution in [-0.4, -0.2) is 43.1 Å². The van der Waals surface area contributed by atoms with Gasteiger partial charge in [-0.05, 0) is 41.7 Å². The van der Waals surface area contributed by atoms with E-state index in [0.29, 0.717) is 32.5 Å². The Hall–Kier alpha value is -2.97. The molecule has 3 aromatic rings. The zero-order valence-corrected chi connectivity index (χ0v) is 17.6. The van der Waals surface area contributed by atoms with Gasteiger partial charge in [0.25, 0.3) is 0 Å². The maximum Gasteiger partial charge on any atom is 0.319 e. The number of sulfonamides is 1. The van der Waals surface area contributed by atoms with Crippen LogP contribution in [0.3, 0.4) is 0 Å². The molecule has 0 unspecified atom stereocenters. The van der Waals surface area contributed by atoms with Crippen molar-refractivity contribution >= 4 is 32.6 Å². The van der Waals surface area contributed by atoms with Crippen molar-refractivity contribution < 1.29 is 13.2 Å². The summed E-state index contributed by atoms with van der Waals surface area (Å²) in [7, 11) is -3.23. The Morgan fingerprint density at radius 2 is 1.93 bits per heavy atom. The third-order valence-corrected chi connectivity index (χ3v) is 6.59. The first-order valence-corrected chi connectivity index (χ1v) is 11.7. The van der Waals surface area contributed by atoms with Crippen LogP contribution in [0.15, 0.2) is 54.7 Å². The molecule has 2 amide bonds. The van der Waals surface area contributed by atoms with Crippen LogP contribution in [0.2, 0.25) is 0 Å². The van der Waals surface area contributed by atoms with Crippen LogP contribution in [0, 0.1) is 0 Å². The summed E-state index contributed by atoms with van der Waals surface area (Å²) in [6.07, 6.45) is 4.24. The van der Waals surface area contributed by atoms with Gasteiger partial charge in [-0.15, -0.1) is 0 Å². The molecule has 2 N–H and O–H groups in total. The Labute approximate surface area is 176 Å². The summed E-state index contributed by atoms with van der Waals surface area (Å²) in [5.41, 5.74) is 4.68. The number of pyridine rings is 1. The number of fused-ring (bicyclic) bond motifs is 2. The van der Waals surface area contributed by atoms with E-state index < -0.39 is 10.0 Å².